The molecular formula is C12H14OS. The van der Waals surface area contributed by atoms with Crippen LogP contribution < -0.4 is 0 Å². The largest absolute Gasteiger partial charge is 0.460 e. The number of hydrogen-bond donors (Lipinski definition) is 0. The Kier molecular flexibility index (Phi) is 2.82. The van der Waals surface area contributed by atoms with E-state index in [4.69, 9.17) is 4.42 Å². The Labute approximate surface area is 88.5 Å². The first-order chi connectivity index (χ1) is 6.81. The van der Waals surface area contributed by atoms with Crippen LogP contribution in [0.2, 0.25) is 0 Å². The molecular weight excluding hydrogens is 192 g/mol. The third kappa shape index (κ3) is 1.80. The van der Waals surface area contributed by atoms with Gasteiger partial charge in [0.1, 0.15) is 11.3 Å². The van der Waals surface area contributed by atoms with Gasteiger partial charge in [0.25, 0.3) is 0 Å². The molecule has 1 nitrogen and oxygen atoms in total. The molecule has 14 heavy (non-hydrogen) atoms. The molecule has 74 valence electrons. The summed E-state index contributed by atoms with van der Waals surface area (Å²) in [6.07, 6.45) is 0. The van der Waals surface area contributed by atoms with Gasteiger partial charge < -0.3 is 4.42 Å². The first-order valence-corrected chi connectivity index (χ1v) is 6.02. The maximum absolute atomic E-state index is 5.73. The molecule has 0 unspecified atom stereocenters. The van der Waals surface area contributed by atoms with Gasteiger partial charge in [0, 0.05) is 5.39 Å². The monoisotopic (exact) mass is 206 g/mol. The molecule has 0 saturated heterocycles. The number of furan rings is 1. The van der Waals surface area contributed by atoms with Crippen molar-refractivity contribution in [1.82, 2.24) is 0 Å². The highest BCUT2D eigenvalue weighted by atomic mass is 32.2. The molecule has 0 bridgehead atoms. The van der Waals surface area contributed by atoms with Crippen molar-refractivity contribution in [3.63, 3.8) is 0 Å². The van der Waals surface area contributed by atoms with Crippen LogP contribution in [0.25, 0.3) is 11.0 Å². The number of benzene rings is 1. The standard InChI is InChI=1S/C12H14OS/c1-3-14-8-10-7-11-9(2)5-4-6-12(11)13-10/h4-7H,3,8H2,1-2H3. The van der Waals surface area contributed by atoms with Crippen LogP contribution in [-0.2, 0) is 5.75 Å². The first-order valence-electron chi connectivity index (χ1n) is 4.87. The zero-order chi connectivity index (χ0) is 9.97. The van der Waals surface area contributed by atoms with Crippen molar-refractivity contribution in [2.24, 2.45) is 0 Å². The van der Waals surface area contributed by atoms with Gasteiger partial charge in [0.05, 0.1) is 5.75 Å². The molecule has 0 aliphatic rings. The minimum absolute atomic E-state index is 0.977. The van der Waals surface area contributed by atoms with E-state index in [9.17, 15) is 0 Å². The third-order valence-corrected chi connectivity index (χ3v) is 3.18. The van der Waals surface area contributed by atoms with E-state index < -0.39 is 0 Å². The van der Waals surface area contributed by atoms with Crippen LogP contribution in [0.3, 0.4) is 0 Å². The molecule has 0 N–H and O–H groups in total. The average Bonchev–Trinajstić information content (AvgIpc) is 2.59. The lowest BCUT2D eigenvalue weighted by molar-refractivity contribution is 0.574. The van der Waals surface area contributed by atoms with E-state index in [2.05, 4.69) is 26.0 Å². The van der Waals surface area contributed by atoms with E-state index in [1.165, 1.54) is 10.9 Å². The van der Waals surface area contributed by atoms with Crippen molar-refractivity contribution < 1.29 is 4.42 Å². The van der Waals surface area contributed by atoms with Gasteiger partial charge in [-0.1, -0.05) is 19.1 Å². The Morgan fingerprint density at radius 1 is 1.36 bits per heavy atom. The summed E-state index contributed by atoms with van der Waals surface area (Å²) in [5.74, 6) is 3.20. The summed E-state index contributed by atoms with van der Waals surface area (Å²) >= 11 is 1.89. The summed E-state index contributed by atoms with van der Waals surface area (Å²) in [5, 5.41) is 1.25. The third-order valence-electron chi connectivity index (χ3n) is 2.28. The highest BCUT2D eigenvalue weighted by molar-refractivity contribution is 7.98. The lowest BCUT2D eigenvalue weighted by Gasteiger charge is -1.91. The first kappa shape index (κ1) is 9.66. The predicted molar refractivity (Wildman–Crippen MR) is 62.8 cm³/mol. The molecule has 2 heteroatoms. The zero-order valence-corrected chi connectivity index (χ0v) is 9.36. The molecule has 1 aromatic carbocycles. The quantitative estimate of drug-likeness (QED) is 0.753. The second-order valence-corrected chi connectivity index (χ2v) is 4.61. The Morgan fingerprint density at radius 3 is 2.93 bits per heavy atom. The number of fused-ring (bicyclic) bond motifs is 1. The SMILES string of the molecule is CCSCc1cc2c(C)cccc2o1. The number of aryl methyl sites for hydroxylation is 1. The molecule has 0 aliphatic heterocycles. The molecule has 0 radical (unpaired) electrons. The zero-order valence-electron chi connectivity index (χ0n) is 8.54. The minimum atomic E-state index is 0.977. The Bertz CT molecular complexity index is 431. The molecule has 1 heterocycles. The molecule has 0 saturated carbocycles. The van der Waals surface area contributed by atoms with Gasteiger partial charge in [-0.2, -0.15) is 11.8 Å². The van der Waals surface area contributed by atoms with Gasteiger partial charge in [0.15, 0.2) is 0 Å². The van der Waals surface area contributed by atoms with Crippen molar-refractivity contribution in [2.45, 2.75) is 19.6 Å². The molecule has 0 aliphatic carbocycles. The molecule has 0 atom stereocenters. The van der Waals surface area contributed by atoms with Gasteiger partial charge in [-0.15, -0.1) is 0 Å². The molecule has 0 spiro atoms. The van der Waals surface area contributed by atoms with Crippen LogP contribution in [0.4, 0.5) is 0 Å². The second-order valence-electron chi connectivity index (χ2n) is 3.34. The van der Waals surface area contributed by atoms with E-state index in [0.29, 0.717) is 0 Å². The van der Waals surface area contributed by atoms with Crippen LogP contribution in [0.1, 0.15) is 18.2 Å². The van der Waals surface area contributed by atoms with Crippen molar-refractivity contribution >= 4 is 22.7 Å². The summed E-state index contributed by atoms with van der Waals surface area (Å²) in [4.78, 5) is 0. The maximum atomic E-state index is 5.73. The normalized spacial score (nSPS) is 11.0. The predicted octanol–water partition coefficient (Wildman–Crippen LogP) is 3.99. The van der Waals surface area contributed by atoms with Crippen LogP contribution in [0, 0.1) is 6.92 Å². The summed E-state index contributed by atoms with van der Waals surface area (Å²) in [6, 6.07) is 8.35. The number of thioether (sulfide) groups is 1. The lowest BCUT2D eigenvalue weighted by atomic mass is 10.1. The summed E-state index contributed by atoms with van der Waals surface area (Å²) in [7, 11) is 0. The molecule has 1 aromatic heterocycles. The Hall–Kier alpha value is -0.890. The molecule has 0 fully saturated rings. The maximum Gasteiger partial charge on any atom is 0.134 e. The van der Waals surface area contributed by atoms with Crippen LogP contribution in [0.5, 0.6) is 0 Å². The Balaban J connectivity index is 2.36. The van der Waals surface area contributed by atoms with Crippen molar-refractivity contribution in [2.75, 3.05) is 5.75 Å². The van der Waals surface area contributed by atoms with Crippen LogP contribution >= 0.6 is 11.8 Å². The fourth-order valence-corrected chi connectivity index (χ4v) is 2.08. The summed E-state index contributed by atoms with van der Waals surface area (Å²) in [6.45, 7) is 4.28. The van der Waals surface area contributed by atoms with E-state index in [1.54, 1.807) is 0 Å². The van der Waals surface area contributed by atoms with E-state index in [0.717, 1.165) is 22.8 Å². The minimum Gasteiger partial charge on any atom is -0.460 e. The summed E-state index contributed by atoms with van der Waals surface area (Å²) < 4.78 is 5.73. The second kappa shape index (κ2) is 4.09. The van der Waals surface area contributed by atoms with Crippen LogP contribution in [0.15, 0.2) is 28.7 Å². The van der Waals surface area contributed by atoms with Gasteiger partial charge in [0.2, 0.25) is 0 Å². The topological polar surface area (TPSA) is 13.1 Å². The molecule has 0 amide bonds. The molecule has 2 aromatic rings. The highest BCUT2D eigenvalue weighted by Crippen LogP contribution is 2.24. The van der Waals surface area contributed by atoms with Crippen LogP contribution in [-0.4, -0.2) is 5.75 Å². The fourth-order valence-electron chi connectivity index (χ4n) is 1.53. The van der Waals surface area contributed by atoms with E-state index in [1.807, 2.05) is 23.9 Å². The summed E-state index contributed by atoms with van der Waals surface area (Å²) in [5.41, 5.74) is 2.30. The average molecular weight is 206 g/mol. The highest BCUT2D eigenvalue weighted by Gasteiger charge is 2.04. The van der Waals surface area contributed by atoms with Gasteiger partial charge in [-0.05, 0) is 30.4 Å². The van der Waals surface area contributed by atoms with Crippen molar-refractivity contribution in [3.8, 4) is 0 Å². The smallest absolute Gasteiger partial charge is 0.134 e. The van der Waals surface area contributed by atoms with E-state index in [-0.39, 0.29) is 0 Å². The van der Waals surface area contributed by atoms with Gasteiger partial charge in [-0.25, -0.2) is 0 Å². The van der Waals surface area contributed by atoms with Gasteiger partial charge >= 0.3 is 0 Å². The molecule has 2 rings (SSSR count). The van der Waals surface area contributed by atoms with Crippen molar-refractivity contribution in [1.29, 1.82) is 0 Å². The lowest BCUT2D eigenvalue weighted by Crippen LogP contribution is -1.74. The van der Waals surface area contributed by atoms with E-state index >= 15 is 0 Å². The Morgan fingerprint density at radius 2 is 2.21 bits per heavy atom. The number of rotatable bonds is 3. The van der Waals surface area contributed by atoms with Gasteiger partial charge in [-0.3, -0.25) is 0 Å². The fraction of sp³-hybridized carbons (Fsp3) is 0.333. The van der Waals surface area contributed by atoms with Crippen molar-refractivity contribution in [3.05, 3.63) is 35.6 Å². The number of hydrogen-bond acceptors (Lipinski definition) is 2.